The van der Waals surface area contributed by atoms with Gasteiger partial charge in [0, 0.05) is 54.4 Å². The van der Waals surface area contributed by atoms with Crippen LogP contribution in [0.5, 0.6) is 0 Å². The van der Waals surface area contributed by atoms with E-state index in [9.17, 15) is 4.79 Å². The number of carbonyl (C=O) groups excluding carboxylic acids is 1. The summed E-state index contributed by atoms with van der Waals surface area (Å²) in [6, 6.07) is 10.4. The molecule has 0 radical (unpaired) electrons. The summed E-state index contributed by atoms with van der Waals surface area (Å²) in [5.74, 6) is 2.17. The van der Waals surface area contributed by atoms with E-state index in [1.807, 2.05) is 6.07 Å². The van der Waals surface area contributed by atoms with Crippen molar-refractivity contribution in [2.24, 2.45) is 0 Å². The van der Waals surface area contributed by atoms with Gasteiger partial charge < -0.3 is 10.2 Å². The van der Waals surface area contributed by atoms with Crippen molar-refractivity contribution >= 4 is 11.7 Å². The van der Waals surface area contributed by atoms with Crippen LogP contribution in [-0.4, -0.2) is 45.7 Å². The standard InChI is InChI=1S/C23H24N6O/c30-23-20-17(8-11-24-23)22(26-21(25-20)15-6-7-15)29-12-9-16-18(10-13-29)27-28-19(16)14-4-2-1-3-5-14/h1-5,15H,6-13H2,(H,24,30)(H,27,28). The first kappa shape index (κ1) is 17.6. The minimum absolute atomic E-state index is 0.0580. The van der Waals surface area contributed by atoms with Crippen LogP contribution >= 0.6 is 0 Å². The molecule has 1 fully saturated rings. The summed E-state index contributed by atoms with van der Waals surface area (Å²) < 4.78 is 0. The van der Waals surface area contributed by atoms with E-state index >= 15 is 0 Å². The number of H-pyrrole nitrogens is 1. The monoisotopic (exact) mass is 400 g/mol. The molecular formula is C23H24N6O. The third-order valence-electron chi connectivity index (χ3n) is 6.38. The van der Waals surface area contributed by atoms with Gasteiger partial charge in [0.1, 0.15) is 17.3 Å². The van der Waals surface area contributed by atoms with Crippen molar-refractivity contribution in [1.82, 2.24) is 25.5 Å². The second-order valence-corrected chi connectivity index (χ2v) is 8.40. The highest BCUT2D eigenvalue weighted by atomic mass is 16.1. The van der Waals surface area contributed by atoms with Crippen molar-refractivity contribution in [3.05, 3.63) is 58.7 Å². The van der Waals surface area contributed by atoms with E-state index in [1.165, 1.54) is 11.3 Å². The number of fused-ring (bicyclic) bond motifs is 2. The van der Waals surface area contributed by atoms with Crippen LogP contribution in [0.4, 0.5) is 5.82 Å². The lowest BCUT2D eigenvalue weighted by Gasteiger charge is -2.27. The largest absolute Gasteiger partial charge is 0.356 e. The maximum absolute atomic E-state index is 12.5. The molecule has 2 N–H and O–H groups in total. The molecule has 30 heavy (non-hydrogen) atoms. The summed E-state index contributed by atoms with van der Waals surface area (Å²) in [5, 5.41) is 10.8. The topological polar surface area (TPSA) is 86.8 Å². The van der Waals surface area contributed by atoms with E-state index in [2.05, 4.69) is 49.7 Å². The number of rotatable bonds is 3. The minimum atomic E-state index is -0.0580. The Labute approximate surface area is 174 Å². The van der Waals surface area contributed by atoms with Gasteiger partial charge in [0.25, 0.3) is 5.91 Å². The number of amides is 1. The zero-order valence-electron chi connectivity index (χ0n) is 16.8. The molecule has 1 amide bonds. The molecule has 0 spiro atoms. The fourth-order valence-electron chi connectivity index (χ4n) is 4.61. The summed E-state index contributed by atoms with van der Waals surface area (Å²) in [5.41, 5.74) is 6.30. The van der Waals surface area contributed by atoms with Gasteiger partial charge in [0.2, 0.25) is 0 Å². The zero-order chi connectivity index (χ0) is 20.1. The molecule has 7 nitrogen and oxygen atoms in total. The number of hydrogen-bond acceptors (Lipinski definition) is 5. The minimum Gasteiger partial charge on any atom is -0.356 e. The Morgan fingerprint density at radius 1 is 0.933 bits per heavy atom. The van der Waals surface area contributed by atoms with Gasteiger partial charge in [-0.25, -0.2) is 9.97 Å². The number of aromatic nitrogens is 4. The lowest BCUT2D eigenvalue weighted by atomic mass is 10.0. The molecule has 0 atom stereocenters. The first-order valence-corrected chi connectivity index (χ1v) is 10.8. The molecule has 1 aliphatic carbocycles. The Kier molecular flexibility index (Phi) is 4.07. The molecule has 0 saturated heterocycles. The predicted molar refractivity (Wildman–Crippen MR) is 114 cm³/mol. The van der Waals surface area contributed by atoms with E-state index in [-0.39, 0.29) is 5.91 Å². The molecule has 1 aromatic carbocycles. The molecule has 2 aromatic heterocycles. The molecule has 0 unspecified atom stereocenters. The van der Waals surface area contributed by atoms with Gasteiger partial charge in [0.05, 0.1) is 5.69 Å². The quantitative estimate of drug-likeness (QED) is 0.706. The van der Waals surface area contributed by atoms with Gasteiger partial charge >= 0.3 is 0 Å². The van der Waals surface area contributed by atoms with Crippen LogP contribution in [0, 0.1) is 0 Å². The molecule has 3 aliphatic rings. The van der Waals surface area contributed by atoms with Crippen molar-refractivity contribution in [2.75, 3.05) is 24.5 Å². The number of benzene rings is 1. The van der Waals surface area contributed by atoms with Crippen molar-refractivity contribution in [1.29, 1.82) is 0 Å². The molecule has 7 heteroatoms. The van der Waals surface area contributed by atoms with Crippen LogP contribution < -0.4 is 10.2 Å². The molecular weight excluding hydrogens is 376 g/mol. The maximum Gasteiger partial charge on any atom is 0.270 e. The Hall–Kier alpha value is -3.22. The normalized spacial score (nSPS) is 18.4. The maximum atomic E-state index is 12.5. The molecule has 2 aliphatic heterocycles. The van der Waals surface area contributed by atoms with Crippen LogP contribution in [0.3, 0.4) is 0 Å². The van der Waals surface area contributed by atoms with E-state index in [1.54, 1.807) is 0 Å². The smallest absolute Gasteiger partial charge is 0.270 e. The van der Waals surface area contributed by atoms with Crippen molar-refractivity contribution in [3.8, 4) is 11.3 Å². The van der Waals surface area contributed by atoms with Crippen LogP contribution in [-0.2, 0) is 19.3 Å². The van der Waals surface area contributed by atoms with Crippen molar-refractivity contribution < 1.29 is 4.79 Å². The van der Waals surface area contributed by atoms with Gasteiger partial charge in [-0.2, -0.15) is 5.10 Å². The fourth-order valence-corrected chi connectivity index (χ4v) is 4.61. The molecule has 152 valence electrons. The summed E-state index contributed by atoms with van der Waals surface area (Å²) >= 11 is 0. The van der Waals surface area contributed by atoms with Gasteiger partial charge in [-0.1, -0.05) is 30.3 Å². The van der Waals surface area contributed by atoms with Crippen molar-refractivity contribution in [2.45, 2.75) is 38.0 Å². The second-order valence-electron chi connectivity index (χ2n) is 8.40. The van der Waals surface area contributed by atoms with Gasteiger partial charge in [0.15, 0.2) is 0 Å². The summed E-state index contributed by atoms with van der Waals surface area (Å²) in [4.78, 5) is 24.5. The highest BCUT2D eigenvalue weighted by Gasteiger charge is 2.33. The molecule has 6 rings (SSSR count). The molecule has 3 aromatic rings. The number of nitrogens with zero attached hydrogens (tertiary/aromatic N) is 4. The Morgan fingerprint density at radius 2 is 1.77 bits per heavy atom. The summed E-state index contributed by atoms with van der Waals surface area (Å²) in [7, 11) is 0. The first-order valence-electron chi connectivity index (χ1n) is 10.8. The number of carbonyl (C=O) groups is 1. The SMILES string of the molecule is O=C1NCCc2c1nc(C1CC1)nc2N1CCc2[nH]nc(-c3ccccc3)c2CC1. The fraction of sp³-hybridized carbons (Fsp3) is 0.391. The van der Waals surface area contributed by atoms with Crippen molar-refractivity contribution in [3.63, 3.8) is 0 Å². The third-order valence-corrected chi connectivity index (χ3v) is 6.38. The highest BCUT2D eigenvalue weighted by Crippen LogP contribution is 2.40. The van der Waals surface area contributed by atoms with E-state index in [0.717, 1.165) is 73.7 Å². The van der Waals surface area contributed by atoms with Gasteiger partial charge in [-0.15, -0.1) is 0 Å². The highest BCUT2D eigenvalue weighted by molar-refractivity contribution is 5.96. The third kappa shape index (κ3) is 2.96. The Bertz CT molecular complexity index is 1120. The predicted octanol–water partition coefficient (Wildman–Crippen LogP) is 2.64. The Morgan fingerprint density at radius 3 is 2.60 bits per heavy atom. The number of aromatic amines is 1. The first-order chi connectivity index (χ1) is 14.8. The van der Waals surface area contributed by atoms with Crippen LogP contribution in [0.25, 0.3) is 11.3 Å². The molecule has 0 bridgehead atoms. The lowest BCUT2D eigenvalue weighted by molar-refractivity contribution is 0.0940. The van der Waals surface area contributed by atoms with Crippen LogP contribution in [0.1, 0.15) is 51.9 Å². The zero-order valence-corrected chi connectivity index (χ0v) is 16.8. The van der Waals surface area contributed by atoms with Gasteiger partial charge in [-0.05, 0) is 25.7 Å². The lowest BCUT2D eigenvalue weighted by Crippen LogP contribution is -2.37. The molecule has 1 saturated carbocycles. The summed E-state index contributed by atoms with van der Waals surface area (Å²) in [6.07, 6.45) is 4.83. The van der Waals surface area contributed by atoms with E-state index < -0.39 is 0 Å². The second kappa shape index (κ2) is 6.93. The van der Waals surface area contributed by atoms with Crippen LogP contribution in [0.2, 0.25) is 0 Å². The summed E-state index contributed by atoms with van der Waals surface area (Å²) in [6.45, 7) is 2.38. The Balaban J connectivity index is 1.35. The molecule has 4 heterocycles. The van der Waals surface area contributed by atoms with Gasteiger partial charge in [-0.3, -0.25) is 9.89 Å². The van der Waals surface area contributed by atoms with E-state index in [4.69, 9.17) is 4.98 Å². The number of hydrogen-bond donors (Lipinski definition) is 2. The average Bonchev–Trinajstić information content (AvgIpc) is 3.58. The number of anilines is 1. The number of nitrogens with one attached hydrogen (secondary N) is 2. The van der Waals surface area contributed by atoms with E-state index in [0.29, 0.717) is 18.2 Å². The average molecular weight is 400 g/mol. The van der Waals surface area contributed by atoms with Crippen LogP contribution in [0.15, 0.2) is 30.3 Å².